The highest BCUT2D eigenvalue weighted by Gasteiger charge is 2.00. The number of nitrogen functional groups attached to an aromatic ring is 1. The van der Waals surface area contributed by atoms with Crippen LogP contribution >= 0.6 is 11.6 Å². The van der Waals surface area contributed by atoms with Gasteiger partial charge in [-0.1, -0.05) is 17.7 Å². The van der Waals surface area contributed by atoms with E-state index >= 15 is 0 Å². The Labute approximate surface area is 98.6 Å². The lowest BCUT2D eigenvalue weighted by atomic mass is 10.2. The molecule has 1 heterocycles. The molecule has 0 saturated carbocycles. The second-order valence-corrected chi connectivity index (χ2v) is 3.62. The highest BCUT2D eigenvalue weighted by atomic mass is 35.5. The van der Waals surface area contributed by atoms with Crippen LogP contribution in [0.15, 0.2) is 47.7 Å². The van der Waals surface area contributed by atoms with Crippen LogP contribution in [0, 0.1) is 0 Å². The fourth-order valence-corrected chi connectivity index (χ4v) is 1.49. The van der Waals surface area contributed by atoms with Crippen molar-refractivity contribution in [2.45, 2.75) is 0 Å². The first-order valence-electron chi connectivity index (χ1n) is 4.75. The summed E-state index contributed by atoms with van der Waals surface area (Å²) in [5, 5.41) is 0.590. The van der Waals surface area contributed by atoms with Crippen molar-refractivity contribution in [3.8, 4) is 0 Å². The fraction of sp³-hybridized carbons (Fsp3) is 0. The zero-order chi connectivity index (χ0) is 11.4. The lowest BCUT2D eigenvalue weighted by Crippen LogP contribution is -1.93. The predicted octanol–water partition coefficient (Wildman–Crippen LogP) is 3.07. The molecule has 0 radical (unpaired) electrons. The number of anilines is 1. The van der Waals surface area contributed by atoms with Crippen molar-refractivity contribution in [3.05, 3.63) is 53.3 Å². The molecule has 0 spiro atoms. The molecular formula is C12H10ClN3. The number of aliphatic imine (C=N–C) groups is 1. The molecule has 0 saturated heterocycles. The minimum atomic E-state index is 0.590. The second kappa shape index (κ2) is 4.77. The number of pyridine rings is 1. The molecule has 3 nitrogen and oxygen atoms in total. The first-order chi connectivity index (χ1) is 7.77. The molecule has 16 heavy (non-hydrogen) atoms. The summed E-state index contributed by atoms with van der Waals surface area (Å²) in [6.45, 7) is 0. The summed E-state index contributed by atoms with van der Waals surface area (Å²) in [4.78, 5) is 8.21. The molecule has 1 aromatic carbocycles. The third-order valence-corrected chi connectivity index (χ3v) is 2.40. The Morgan fingerprint density at radius 2 is 2.12 bits per heavy atom. The van der Waals surface area contributed by atoms with Gasteiger partial charge in [-0.15, -0.1) is 0 Å². The Morgan fingerprint density at radius 1 is 1.25 bits per heavy atom. The van der Waals surface area contributed by atoms with Gasteiger partial charge < -0.3 is 5.73 Å². The van der Waals surface area contributed by atoms with Crippen molar-refractivity contribution in [3.63, 3.8) is 0 Å². The van der Waals surface area contributed by atoms with Gasteiger partial charge in [0.2, 0.25) is 0 Å². The zero-order valence-electron chi connectivity index (χ0n) is 8.47. The van der Waals surface area contributed by atoms with Gasteiger partial charge in [-0.05, 0) is 24.3 Å². The summed E-state index contributed by atoms with van der Waals surface area (Å²) in [6.07, 6.45) is 5.01. The third-order valence-electron chi connectivity index (χ3n) is 2.08. The highest BCUT2D eigenvalue weighted by Crippen LogP contribution is 2.20. The number of benzene rings is 1. The Morgan fingerprint density at radius 3 is 2.81 bits per heavy atom. The maximum absolute atomic E-state index is 6.01. The average molecular weight is 232 g/mol. The zero-order valence-corrected chi connectivity index (χ0v) is 9.22. The van der Waals surface area contributed by atoms with E-state index in [-0.39, 0.29) is 0 Å². The minimum absolute atomic E-state index is 0.590. The molecule has 2 rings (SSSR count). The van der Waals surface area contributed by atoms with E-state index < -0.39 is 0 Å². The van der Waals surface area contributed by atoms with E-state index in [0.717, 1.165) is 11.3 Å². The van der Waals surface area contributed by atoms with Gasteiger partial charge in [-0.2, -0.15) is 0 Å². The molecule has 0 bridgehead atoms. The standard InChI is InChI=1S/C12H10ClN3/c13-11-4-1-5-12(14)10(11)8-16-9-3-2-6-15-7-9/h1-8H,14H2. The average Bonchev–Trinajstić information content (AvgIpc) is 2.30. The summed E-state index contributed by atoms with van der Waals surface area (Å²) in [6, 6.07) is 9.05. The minimum Gasteiger partial charge on any atom is -0.398 e. The normalized spacial score (nSPS) is 10.8. The van der Waals surface area contributed by atoms with E-state index in [9.17, 15) is 0 Å². The van der Waals surface area contributed by atoms with Crippen molar-refractivity contribution < 1.29 is 0 Å². The second-order valence-electron chi connectivity index (χ2n) is 3.21. The van der Waals surface area contributed by atoms with Crippen LogP contribution in [0.25, 0.3) is 0 Å². The molecule has 0 fully saturated rings. The Hall–Kier alpha value is -1.87. The van der Waals surface area contributed by atoms with Gasteiger partial charge in [0.25, 0.3) is 0 Å². The molecule has 2 aromatic rings. The highest BCUT2D eigenvalue weighted by molar-refractivity contribution is 6.33. The smallest absolute Gasteiger partial charge is 0.0813 e. The lowest BCUT2D eigenvalue weighted by Gasteiger charge is -2.01. The van der Waals surface area contributed by atoms with Crippen molar-refractivity contribution in [1.29, 1.82) is 0 Å². The summed E-state index contributed by atoms with van der Waals surface area (Å²) in [5.74, 6) is 0. The Bertz CT molecular complexity index is 489. The van der Waals surface area contributed by atoms with Gasteiger partial charge >= 0.3 is 0 Å². The molecule has 1 aromatic heterocycles. The summed E-state index contributed by atoms with van der Waals surface area (Å²) in [7, 11) is 0. The molecule has 0 aliphatic heterocycles. The molecule has 0 aliphatic rings. The quantitative estimate of drug-likeness (QED) is 0.638. The van der Waals surface area contributed by atoms with Gasteiger partial charge in [-0.3, -0.25) is 9.98 Å². The molecule has 0 aliphatic carbocycles. The van der Waals surface area contributed by atoms with Crippen molar-refractivity contribution in [1.82, 2.24) is 4.98 Å². The predicted molar refractivity (Wildman–Crippen MR) is 67.4 cm³/mol. The van der Waals surface area contributed by atoms with Crippen LogP contribution in [0.5, 0.6) is 0 Å². The lowest BCUT2D eigenvalue weighted by molar-refractivity contribution is 1.31. The number of nitrogens with zero attached hydrogens (tertiary/aromatic N) is 2. The van der Waals surface area contributed by atoms with Crippen LogP contribution in [0.1, 0.15) is 5.56 Å². The third kappa shape index (κ3) is 2.38. The number of aromatic nitrogens is 1. The molecular weight excluding hydrogens is 222 g/mol. The number of nitrogens with two attached hydrogens (primary N) is 1. The van der Waals surface area contributed by atoms with E-state index in [1.54, 1.807) is 36.8 Å². The van der Waals surface area contributed by atoms with Crippen molar-refractivity contribution in [2.24, 2.45) is 4.99 Å². The number of halogens is 1. The molecule has 4 heteroatoms. The fourth-order valence-electron chi connectivity index (χ4n) is 1.26. The summed E-state index contributed by atoms with van der Waals surface area (Å²) in [5.41, 5.74) is 7.90. The van der Waals surface area contributed by atoms with E-state index in [4.69, 9.17) is 17.3 Å². The number of hydrogen-bond acceptors (Lipinski definition) is 3. The van der Waals surface area contributed by atoms with Crippen LogP contribution in [-0.2, 0) is 0 Å². The van der Waals surface area contributed by atoms with Crippen LogP contribution in [0.2, 0.25) is 5.02 Å². The SMILES string of the molecule is Nc1cccc(Cl)c1C=Nc1cccnc1. The van der Waals surface area contributed by atoms with Gasteiger partial charge in [0, 0.05) is 23.7 Å². The first kappa shape index (κ1) is 10.6. The topological polar surface area (TPSA) is 51.3 Å². The van der Waals surface area contributed by atoms with Gasteiger partial charge in [-0.25, -0.2) is 0 Å². The van der Waals surface area contributed by atoms with E-state index in [1.807, 2.05) is 12.1 Å². The molecule has 80 valence electrons. The number of rotatable bonds is 2. The van der Waals surface area contributed by atoms with Crippen molar-refractivity contribution >= 4 is 29.2 Å². The van der Waals surface area contributed by atoms with Crippen LogP contribution in [0.3, 0.4) is 0 Å². The maximum Gasteiger partial charge on any atom is 0.0813 e. The van der Waals surface area contributed by atoms with E-state index in [1.165, 1.54) is 0 Å². The molecule has 0 unspecified atom stereocenters. The first-order valence-corrected chi connectivity index (χ1v) is 5.13. The molecule has 0 atom stereocenters. The van der Waals surface area contributed by atoms with Crippen LogP contribution in [-0.4, -0.2) is 11.2 Å². The summed E-state index contributed by atoms with van der Waals surface area (Å²) >= 11 is 6.01. The largest absolute Gasteiger partial charge is 0.398 e. The molecule has 0 amide bonds. The van der Waals surface area contributed by atoms with Gasteiger partial charge in [0.05, 0.1) is 16.9 Å². The maximum atomic E-state index is 6.01. The Balaban J connectivity index is 2.31. The van der Waals surface area contributed by atoms with Gasteiger partial charge in [0.15, 0.2) is 0 Å². The monoisotopic (exact) mass is 231 g/mol. The van der Waals surface area contributed by atoms with Crippen LogP contribution in [0.4, 0.5) is 11.4 Å². The van der Waals surface area contributed by atoms with Crippen molar-refractivity contribution in [2.75, 3.05) is 5.73 Å². The molecule has 2 N–H and O–H groups in total. The van der Waals surface area contributed by atoms with E-state index in [2.05, 4.69) is 9.98 Å². The van der Waals surface area contributed by atoms with Gasteiger partial charge in [0.1, 0.15) is 0 Å². The number of hydrogen-bond donors (Lipinski definition) is 1. The van der Waals surface area contributed by atoms with E-state index in [0.29, 0.717) is 10.7 Å². The van der Waals surface area contributed by atoms with Crippen LogP contribution < -0.4 is 5.73 Å². The summed E-state index contributed by atoms with van der Waals surface area (Å²) < 4.78 is 0. The Kier molecular flexibility index (Phi) is 3.17.